The van der Waals surface area contributed by atoms with Crippen molar-refractivity contribution >= 4 is 0 Å². The SMILES string of the molecule is CC1=C(C)C(C)(C)[C]([Ir])=C1C.NCCc1c[nH]cn1. The zero-order valence-electron chi connectivity index (χ0n) is 12.4. The van der Waals surface area contributed by atoms with Crippen LogP contribution in [0.1, 0.15) is 40.3 Å². The van der Waals surface area contributed by atoms with Crippen molar-refractivity contribution in [3.8, 4) is 0 Å². The van der Waals surface area contributed by atoms with Crippen molar-refractivity contribution in [3.05, 3.63) is 39.0 Å². The molecule has 3 N–H and O–H groups in total. The van der Waals surface area contributed by atoms with Gasteiger partial charge in [0.05, 0.1) is 12.0 Å². The van der Waals surface area contributed by atoms with E-state index in [1.165, 1.54) is 20.8 Å². The van der Waals surface area contributed by atoms with E-state index < -0.39 is 0 Å². The smallest absolute Gasteiger partial charge is 0.0923 e. The van der Waals surface area contributed by atoms with Gasteiger partial charge in [0.15, 0.2) is 0 Å². The number of hydrogen-bond donors (Lipinski definition) is 2. The van der Waals surface area contributed by atoms with Crippen molar-refractivity contribution in [2.24, 2.45) is 11.1 Å². The third kappa shape index (κ3) is 3.65. The Kier molecular flexibility index (Phi) is 5.72. The zero-order valence-corrected chi connectivity index (χ0v) is 14.8. The van der Waals surface area contributed by atoms with Crippen LogP contribution in [0.25, 0.3) is 0 Å². The molecule has 0 atom stereocenters. The predicted octanol–water partition coefficient (Wildman–Crippen LogP) is 3.09. The van der Waals surface area contributed by atoms with E-state index in [1.807, 2.05) is 6.20 Å². The number of nitrogens with zero attached hydrogens (tertiary/aromatic N) is 1. The van der Waals surface area contributed by atoms with E-state index in [4.69, 9.17) is 5.73 Å². The number of nitrogens with two attached hydrogens (primary N) is 1. The molecule has 0 fully saturated rings. The molecule has 0 amide bonds. The van der Waals surface area contributed by atoms with Gasteiger partial charge < -0.3 is 10.7 Å². The molecule has 0 unspecified atom stereocenters. The number of nitrogens with one attached hydrogen (secondary N) is 1. The number of rotatable bonds is 2. The number of H-pyrrole nitrogens is 1. The summed E-state index contributed by atoms with van der Waals surface area (Å²) in [6, 6.07) is 0. The maximum atomic E-state index is 5.27. The number of aromatic amines is 1. The fourth-order valence-electron chi connectivity index (χ4n) is 2.11. The Labute approximate surface area is 126 Å². The molecule has 1 heterocycles. The molecule has 4 heteroatoms. The van der Waals surface area contributed by atoms with Gasteiger partial charge in [-0.25, -0.2) is 4.98 Å². The molecule has 1 aliphatic rings. The van der Waals surface area contributed by atoms with E-state index in [0.717, 1.165) is 12.1 Å². The van der Waals surface area contributed by atoms with E-state index in [0.29, 0.717) is 12.0 Å². The maximum Gasteiger partial charge on any atom is 0.0923 e. The first-order valence-corrected chi connectivity index (χ1v) is 7.72. The van der Waals surface area contributed by atoms with Crippen LogP contribution in [-0.4, -0.2) is 16.5 Å². The van der Waals surface area contributed by atoms with Crippen molar-refractivity contribution in [2.45, 2.75) is 41.0 Å². The van der Waals surface area contributed by atoms with Crippen LogP contribution in [0.2, 0.25) is 0 Å². The van der Waals surface area contributed by atoms with E-state index >= 15 is 0 Å². The van der Waals surface area contributed by atoms with Crippen molar-refractivity contribution < 1.29 is 18.9 Å². The Morgan fingerprint density at radius 1 is 1.26 bits per heavy atom. The Bertz CT molecular complexity index is 455. The van der Waals surface area contributed by atoms with Gasteiger partial charge in [0, 0.05) is 12.6 Å². The molecule has 0 aliphatic heterocycles. The molecule has 0 bridgehead atoms. The van der Waals surface area contributed by atoms with Gasteiger partial charge in [-0.05, 0) is 6.54 Å². The van der Waals surface area contributed by atoms with Gasteiger partial charge in [-0.15, -0.1) is 0 Å². The van der Waals surface area contributed by atoms with Crippen LogP contribution < -0.4 is 5.73 Å². The molecular weight excluding hydrogens is 414 g/mol. The Hall–Kier alpha value is -0.701. The van der Waals surface area contributed by atoms with Crippen LogP contribution in [0.5, 0.6) is 0 Å². The Balaban J connectivity index is 0.000000200. The van der Waals surface area contributed by atoms with Crippen LogP contribution in [0.3, 0.4) is 0 Å². The molecule has 1 aromatic heterocycles. The molecule has 3 nitrogen and oxygen atoms in total. The van der Waals surface area contributed by atoms with Crippen LogP contribution in [0.4, 0.5) is 0 Å². The molecule has 0 spiro atoms. The van der Waals surface area contributed by atoms with Gasteiger partial charge in [-0.1, -0.05) is 0 Å². The molecule has 0 saturated carbocycles. The molecule has 19 heavy (non-hydrogen) atoms. The monoisotopic (exact) mass is 439 g/mol. The molecular formula is C15H24IrN3. The fourth-order valence-corrected chi connectivity index (χ4v) is 3.00. The van der Waals surface area contributed by atoms with Crippen molar-refractivity contribution in [2.75, 3.05) is 6.54 Å². The average molecular weight is 439 g/mol. The summed E-state index contributed by atoms with van der Waals surface area (Å²) in [6.07, 6.45) is 4.38. The first-order chi connectivity index (χ1) is 8.82. The largest absolute Gasteiger partial charge is 0.351 e. The molecule has 108 valence electrons. The standard InChI is InChI=1S/C10H15.C5H9N3.Ir/c1-7-6-10(4,5)9(3)8(7)2;6-2-1-5-3-7-4-8-5;/h1-5H3;3-4H,1-2,6H2,(H,7,8);. The topological polar surface area (TPSA) is 54.7 Å². The van der Waals surface area contributed by atoms with Gasteiger partial charge in [0.25, 0.3) is 0 Å². The third-order valence-corrected chi connectivity index (χ3v) is 6.25. The summed E-state index contributed by atoms with van der Waals surface area (Å²) in [7, 11) is 0. The molecule has 2 rings (SSSR count). The Morgan fingerprint density at radius 2 is 1.89 bits per heavy atom. The van der Waals surface area contributed by atoms with Crippen LogP contribution in [-0.2, 0) is 25.3 Å². The number of imidazole rings is 1. The number of aromatic nitrogens is 2. The normalized spacial score (nSPS) is 17.7. The van der Waals surface area contributed by atoms with E-state index in [9.17, 15) is 0 Å². The summed E-state index contributed by atoms with van der Waals surface area (Å²) >= 11 is 2.25. The summed E-state index contributed by atoms with van der Waals surface area (Å²) in [4.78, 5) is 6.82. The summed E-state index contributed by atoms with van der Waals surface area (Å²) in [5.74, 6) is 0. The van der Waals surface area contributed by atoms with Crippen LogP contribution in [0, 0.1) is 5.41 Å². The van der Waals surface area contributed by atoms with Crippen LogP contribution >= 0.6 is 0 Å². The molecule has 1 aliphatic carbocycles. The molecule has 0 aromatic carbocycles. The average Bonchev–Trinajstić information content (AvgIpc) is 2.92. The second-order valence-electron chi connectivity index (χ2n) is 5.39. The minimum atomic E-state index is 0.314. The summed E-state index contributed by atoms with van der Waals surface area (Å²) < 4.78 is 1.53. The minimum absolute atomic E-state index is 0.314. The summed E-state index contributed by atoms with van der Waals surface area (Å²) in [5.41, 5.74) is 11.1. The first kappa shape index (κ1) is 16.4. The maximum absolute atomic E-state index is 5.27. The van der Waals surface area contributed by atoms with Gasteiger partial charge in [-0.3, -0.25) is 0 Å². The molecule has 0 radical (unpaired) electrons. The van der Waals surface area contributed by atoms with Gasteiger partial charge in [0.2, 0.25) is 0 Å². The summed E-state index contributed by atoms with van der Waals surface area (Å²) in [5, 5.41) is 0. The van der Waals surface area contributed by atoms with E-state index in [-0.39, 0.29) is 0 Å². The van der Waals surface area contributed by atoms with Gasteiger partial charge in [-0.2, -0.15) is 0 Å². The van der Waals surface area contributed by atoms with Crippen LogP contribution in [0.15, 0.2) is 33.3 Å². The predicted molar refractivity (Wildman–Crippen MR) is 76.2 cm³/mol. The first-order valence-electron chi connectivity index (χ1n) is 6.53. The van der Waals surface area contributed by atoms with Crippen molar-refractivity contribution in [3.63, 3.8) is 0 Å². The number of allylic oxidation sites excluding steroid dienone is 4. The Morgan fingerprint density at radius 3 is 2.16 bits per heavy atom. The minimum Gasteiger partial charge on any atom is -0.351 e. The second kappa shape index (κ2) is 6.64. The van der Waals surface area contributed by atoms with Crippen molar-refractivity contribution in [1.82, 2.24) is 9.97 Å². The molecule has 0 saturated heterocycles. The van der Waals surface area contributed by atoms with Gasteiger partial charge in [0.1, 0.15) is 0 Å². The molecule has 1 aromatic rings. The zero-order chi connectivity index (χ0) is 14.6. The number of hydrogen-bond acceptors (Lipinski definition) is 2. The van der Waals surface area contributed by atoms with E-state index in [1.54, 1.807) is 6.33 Å². The second-order valence-corrected chi connectivity index (χ2v) is 6.59. The fraction of sp³-hybridized carbons (Fsp3) is 0.533. The quantitative estimate of drug-likeness (QED) is 0.746. The summed E-state index contributed by atoms with van der Waals surface area (Å²) in [6.45, 7) is 12.0. The van der Waals surface area contributed by atoms with E-state index in [2.05, 4.69) is 63.5 Å². The van der Waals surface area contributed by atoms with Crippen molar-refractivity contribution in [1.29, 1.82) is 0 Å². The third-order valence-electron chi connectivity index (χ3n) is 3.85. The van der Waals surface area contributed by atoms with Gasteiger partial charge >= 0.3 is 79.7 Å².